The molecule has 0 bridgehead atoms. The SMILES string of the molecule is C=CCCCC(NN)c1cc(Br)ccc1N. The van der Waals surface area contributed by atoms with E-state index in [0.29, 0.717) is 0 Å². The van der Waals surface area contributed by atoms with Gasteiger partial charge in [0.25, 0.3) is 0 Å². The van der Waals surface area contributed by atoms with Crippen LogP contribution in [0.3, 0.4) is 0 Å². The number of hydrogen-bond donors (Lipinski definition) is 3. The molecule has 1 unspecified atom stereocenters. The van der Waals surface area contributed by atoms with E-state index in [1.165, 1.54) is 0 Å². The van der Waals surface area contributed by atoms with Gasteiger partial charge in [0, 0.05) is 16.2 Å². The van der Waals surface area contributed by atoms with Gasteiger partial charge < -0.3 is 5.73 Å². The summed E-state index contributed by atoms with van der Waals surface area (Å²) in [5, 5.41) is 0. The van der Waals surface area contributed by atoms with Crippen LogP contribution in [-0.4, -0.2) is 0 Å². The molecule has 0 radical (unpaired) electrons. The number of nitrogens with one attached hydrogen (secondary N) is 1. The number of allylic oxidation sites excluding steroid dienone is 1. The highest BCUT2D eigenvalue weighted by Crippen LogP contribution is 2.27. The molecule has 5 N–H and O–H groups in total. The Kier molecular flexibility index (Phi) is 5.52. The monoisotopic (exact) mass is 283 g/mol. The molecule has 0 amide bonds. The van der Waals surface area contributed by atoms with E-state index in [9.17, 15) is 0 Å². The number of halogens is 1. The Hall–Kier alpha value is -0.840. The van der Waals surface area contributed by atoms with E-state index in [4.69, 9.17) is 11.6 Å². The van der Waals surface area contributed by atoms with Crippen LogP contribution in [0.2, 0.25) is 0 Å². The first kappa shape index (κ1) is 13.2. The maximum atomic E-state index is 5.93. The van der Waals surface area contributed by atoms with Crippen molar-refractivity contribution in [3.05, 3.63) is 40.9 Å². The Morgan fingerprint density at radius 1 is 1.50 bits per heavy atom. The first-order chi connectivity index (χ1) is 7.69. The van der Waals surface area contributed by atoms with Crippen LogP contribution in [0.5, 0.6) is 0 Å². The summed E-state index contributed by atoms with van der Waals surface area (Å²) in [6.45, 7) is 3.70. The second-order valence-electron chi connectivity index (χ2n) is 3.71. The third-order valence-corrected chi connectivity index (χ3v) is 3.02. The lowest BCUT2D eigenvalue weighted by atomic mass is 10.00. The maximum Gasteiger partial charge on any atom is 0.0480 e. The molecule has 0 spiro atoms. The molecule has 0 aliphatic carbocycles. The molecule has 0 aliphatic heterocycles. The van der Waals surface area contributed by atoms with E-state index in [-0.39, 0.29) is 6.04 Å². The quantitative estimate of drug-likeness (QED) is 0.247. The summed E-state index contributed by atoms with van der Waals surface area (Å²) < 4.78 is 1.01. The molecule has 1 atom stereocenters. The summed E-state index contributed by atoms with van der Waals surface area (Å²) in [5.41, 5.74) is 10.6. The molecular formula is C12H18BrN3. The number of nitrogen functional groups attached to an aromatic ring is 1. The van der Waals surface area contributed by atoms with Crippen molar-refractivity contribution >= 4 is 21.6 Å². The fourth-order valence-electron chi connectivity index (χ4n) is 1.64. The molecule has 0 heterocycles. The van der Waals surface area contributed by atoms with Crippen LogP contribution in [0, 0.1) is 0 Å². The van der Waals surface area contributed by atoms with Gasteiger partial charge in [0.15, 0.2) is 0 Å². The zero-order valence-corrected chi connectivity index (χ0v) is 10.8. The highest BCUT2D eigenvalue weighted by Gasteiger charge is 2.12. The summed E-state index contributed by atoms with van der Waals surface area (Å²) in [6.07, 6.45) is 4.90. The van der Waals surface area contributed by atoms with Crippen molar-refractivity contribution < 1.29 is 0 Å². The summed E-state index contributed by atoms with van der Waals surface area (Å²) in [6, 6.07) is 5.92. The lowest BCUT2D eigenvalue weighted by molar-refractivity contribution is 0.502. The predicted molar refractivity (Wildman–Crippen MR) is 72.7 cm³/mol. The van der Waals surface area contributed by atoms with Crippen LogP contribution in [0.15, 0.2) is 35.3 Å². The highest BCUT2D eigenvalue weighted by atomic mass is 79.9. The lowest BCUT2D eigenvalue weighted by Gasteiger charge is -2.18. The third kappa shape index (κ3) is 3.63. The van der Waals surface area contributed by atoms with Crippen molar-refractivity contribution in [1.82, 2.24) is 5.43 Å². The Bertz CT molecular complexity index is 352. The van der Waals surface area contributed by atoms with Crippen LogP contribution in [0.25, 0.3) is 0 Å². The van der Waals surface area contributed by atoms with Crippen LogP contribution < -0.4 is 17.0 Å². The van der Waals surface area contributed by atoms with E-state index >= 15 is 0 Å². The van der Waals surface area contributed by atoms with Gasteiger partial charge in [-0.25, -0.2) is 0 Å². The number of anilines is 1. The van der Waals surface area contributed by atoms with E-state index < -0.39 is 0 Å². The van der Waals surface area contributed by atoms with E-state index in [1.54, 1.807) is 0 Å². The van der Waals surface area contributed by atoms with Crippen molar-refractivity contribution in [1.29, 1.82) is 0 Å². The summed E-state index contributed by atoms with van der Waals surface area (Å²) in [5.74, 6) is 5.56. The van der Waals surface area contributed by atoms with Crippen LogP contribution >= 0.6 is 15.9 Å². The van der Waals surface area contributed by atoms with Gasteiger partial charge in [-0.2, -0.15) is 0 Å². The Morgan fingerprint density at radius 3 is 2.88 bits per heavy atom. The van der Waals surface area contributed by atoms with Crippen molar-refractivity contribution in [2.24, 2.45) is 5.84 Å². The smallest absolute Gasteiger partial charge is 0.0480 e. The summed E-state index contributed by atoms with van der Waals surface area (Å²) >= 11 is 3.44. The topological polar surface area (TPSA) is 64.1 Å². The normalized spacial score (nSPS) is 12.4. The highest BCUT2D eigenvalue weighted by molar-refractivity contribution is 9.10. The number of benzene rings is 1. The van der Waals surface area contributed by atoms with Gasteiger partial charge in [0.2, 0.25) is 0 Å². The van der Waals surface area contributed by atoms with Crippen molar-refractivity contribution in [3.63, 3.8) is 0 Å². The molecule has 0 aromatic heterocycles. The van der Waals surface area contributed by atoms with Gasteiger partial charge in [-0.1, -0.05) is 22.0 Å². The van der Waals surface area contributed by atoms with Gasteiger partial charge in [0.05, 0.1) is 0 Å². The molecule has 0 saturated heterocycles. The minimum absolute atomic E-state index is 0.0949. The lowest BCUT2D eigenvalue weighted by Crippen LogP contribution is -2.28. The molecule has 0 aliphatic rings. The summed E-state index contributed by atoms with van der Waals surface area (Å²) in [7, 11) is 0. The Labute approximate surface area is 105 Å². The predicted octanol–water partition coefficient (Wildman–Crippen LogP) is 2.89. The fraction of sp³-hybridized carbons (Fsp3) is 0.333. The maximum absolute atomic E-state index is 5.93. The van der Waals surface area contributed by atoms with E-state index in [0.717, 1.165) is 35.0 Å². The number of rotatable bonds is 6. The standard InChI is InChI=1S/C12H18BrN3/c1-2-3-4-5-12(16-15)10-8-9(13)6-7-11(10)14/h2,6-8,12,16H,1,3-5,14-15H2. The molecule has 4 heteroatoms. The van der Waals surface area contributed by atoms with Gasteiger partial charge in [0.1, 0.15) is 0 Å². The number of nitrogens with two attached hydrogens (primary N) is 2. The Morgan fingerprint density at radius 2 is 2.25 bits per heavy atom. The first-order valence-electron chi connectivity index (χ1n) is 5.31. The molecule has 1 aromatic carbocycles. The minimum Gasteiger partial charge on any atom is -0.398 e. The zero-order chi connectivity index (χ0) is 12.0. The first-order valence-corrected chi connectivity index (χ1v) is 6.10. The Balaban J connectivity index is 2.77. The van der Waals surface area contributed by atoms with Crippen molar-refractivity contribution in [2.45, 2.75) is 25.3 Å². The molecular weight excluding hydrogens is 266 g/mol. The van der Waals surface area contributed by atoms with E-state index in [1.807, 2.05) is 24.3 Å². The average Bonchev–Trinajstić information content (AvgIpc) is 2.28. The molecule has 1 rings (SSSR count). The van der Waals surface area contributed by atoms with Gasteiger partial charge in [-0.15, -0.1) is 6.58 Å². The largest absolute Gasteiger partial charge is 0.398 e. The summed E-state index contributed by atoms with van der Waals surface area (Å²) in [4.78, 5) is 0. The molecule has 0 fully saturated rings. The van der Waals surface area contributed by atoms with Crippen LogP contribution in [0.4, 0.5) is 5.69 Å². The van der Waals surface area contributed by atoms with Gasteiger partial charge in [-0.3, -0.25) is 11.3 Å². The zero-order valence-electron chi connectivity index (χ0n) is 9.25. The van der Waals surface area contributed by atoms with Crippen LogP contribution in [0.1, 0.15) is 30.9 Å². The number of hydrazine groups is 1. The molecule has 1 aromatic rings. The molecule has 88 valence electrons. The molecule has 16 heavy (non-hydrogen) atoms. The number of hydrogen-bond acceptors (Lipinski definition) is 3. The second kappa shape index (κ2) is 6.68. The van der Waals surface area contributed by atoms with Gasteiger partial charge >= 0.3 is 0 Å². The fourth-order valence-corrected chi connectivity index (χ4v) is 2.02. The van der Waals surface area contributed by atoms with Crippen molar-refractivity contribution in [2.75, 3.05) is 5.73 Å². The minimum atomic E-state index is 0.0949. The van der Waals surface area contributed by atoms with Crippen molar-refractivity contribution in [3.8, 4) is 0 Å². The molecule has 0 saturated carbocycles. The third-order valence-electron chi connectivity index (χ3n) is 2.53. The van der Waals surface area contributed by atoms with Gasteiger partial charge in [-0.05, 0) is 43.0 Å². The number of unbranched alkanes of at least 4 members (excludes halogenated alkanes) is 1. The average molecular weight is 284 g/mol. The van der Waals surface area contributed by atoms with E-state index in [2.05, 4.69) is 27.9 Å². The van der Waals surface area contributed by atoms with Crippen LogP contribution in [-0.2, 0) is 0 Å². The second-order valence-corrected chi connectivity index (χ2v) is 4.63. The molecule has 3 nitrogen and oxygen atoms in total.